The van der Waals surface area contributed by atoms with Gasteiger partial charge in [-0.2, -0.15) is 0 Å². The number of likely N-dealkylation sites (tertiary alicyclic amines) is 1. The van der Waals surface area contributed by atoms with Crippen LogP contribution >= 0.6 is 0 Å². The van der Waals surface area contributed by atoms with E-state index in [1.54, 1.807) is 43.6 Å². The topological polar surface area (TPSA) is 98.4 Å². The predicted molar refractivity (Wildman–Crippen MR) is 91.3 cm³/mol. The van der Waals surface area contributed by atoms with Crippen LogP contribution in [0.2, 0.25) is 0 Å². The van der Waals surface area contributed by atoms with Crippen LogP contribution < -0.4 is 10.5 Å². The molecule has 0 radical (unpaired) electrons. The predicted octanol–water partition coefficient (Wildman–Crippen LogP) is 2.09. The molecular weight excluding hydrogens is 320 g/mol. The Balaban J connectivity index is 1.81. The van der Waals surface area contributed by atoms with Crippen LogP contribution in [0.3, 0.4) is 0 Å². The Labute approximate surface area is 145 Å². The van der Waals surface area contributed by atoms with Crippen LogP contribution in [0.15, 0.2) is 36.7 Å². The molecular formula is C18H20N4O3. The zero-order valence-electron chi connectivity index (χ0n) is 14.0. The van der Waals surface area contributed by atoms with E-state index in [0.717, 1.165) is 25.1 Å². The fourth-order valence-corrected chi connectivity index (χ4v) is 2.98. The van der Waals surface area contributed by atoms with Gasteiger partial charge in [-0.3, -0.25) is 14.6 Å². The SMILES string of the molecule is CC(=O)N1CCCC(c2nccnc2Oc2ccc(C(N)=O)cc2)C1. The minimum absolute atomic E-state index is 0.0677. The summed E-state index contributed by atoms with van der Waals surface area (Å²) in [5.41, 5.74) is 6.40. The summed E-state index contributed by atoms with van der Waals surface area (Å²) in [5.74, 6) is 0.637. The molecule has 3 rings (SSSR count). The Morgan fingerprint density at radius 1 is 1.20 bits per heavy atom. The number of carbonyl (C=O) groups is 2. The molecule has 1 fully saturated rings. The van der Waals surface area contributed by atoms with E-state index in [1.807, 2.05) is 4.90 Å². The maximum absolute atomic E-state index is 11.7. The van der Waals surface area contributed by atoms with E-state index in [1.165, 1.54) is 0 Å². The highest BCUT2D eigenvalue weighted by Gasteiger charge is 2.27. The fourth-order valence-electron chi connectivity index (χ4n) is 2.98. The van der Waals surface area contributed by atoms with Crippen molar-refractivity contribution in [2.75, 3.05) is 13.1 Å². The molecule has 1 aromatic heterocycles. The second-order valence-electron chi connectivity index (χ2n) is 6.04. The second kappa shape index (κ2) is 7.29. The van der Waals surface area contributed by atoms with Crippen LogP contribution in [-0.2, 0) is 4.79 Å². The number of nitrogens with two attached hydrogens (primary N) is 1. The van der Waals surface area contributed by atoms with Crippen molar-refractivity contribution in [3.63, 3.8) is 0 Å². The van der Waals surface area contributed by atoms with Gasteiger partial charge in [0, 0.05) is 43.9 Å². The molecule has 0 spiro atoms. The first-order valence-corrected chi connectivity index (χ1v) is 8.18. The third-order valence-electron chi connectivity index (χ3n) is 4.30. The highest BCUT2D eigenvalue weighted by atomic mass is 16.5. The Kier molecular flexibility index (Phi) is 4.92. The first-order chi connectivity index (χ1) is 12.0. The minimum Gasteiger partial charge on any atom is -0.437 e. The molecule has 7 nitrogen and oxygen atoms in total. The quantitative estimate of drug-likeness (QED) is 0.919. The summed E-state index contributed by atoms with van der Waals surface area (Å²) in [6.45, 7) is 2.97. The first-order valence-electron chi connectivity index (χ1n) is 8.18. The van der Waals surface area contributed by atoms with Gasteiger partial charge in [-0.05, 0) is 37.1 Å². The lowest BCUT2D eigenvalue weighted by atomic mass is 9.94. The van der Waals surface area contributed by atoms with Crippen molar-refractivity contribution in [3.05, 3.63) is 47.9 Å². The first kappa shape index (κ1) is 16.9. The Hall–Kier alpha value is -2.96. The number of carbonyl (C=O) groups excluding carboxylic acids is 2. The van der Waals surface area contributed by atoms with Gasteiger partial charge in [0.2, 0.25) is 17.7 Å². The highest BCUT2D eigenvalue weighted by molar-refractivity contribution is 5.92. The average Bonchev–Trinajstić information content (AvgIpc) is 2.63. The Morgan fingerprint density at radius 2 is 1.92 bits per heavy atom. The van der Waals surface area contributed by atoms with Crippen LogP contribution in [0.1, 0.15) is 41.7 Å². The molecule has 1 atom stereocenters. The molecule has 0 bridgehead atoms. The van der Waals surface area contributed by atoms with E-state index in [9.17, 15) is 9.59 Å². The van der Waals surface area contributed by atoms with Crippen molar-refractivity contribution >= 4 is 11.8 Å². The number of rotatable bonds is 4. The van der Waals surface area contributed by atoms with Crippen LogP contribution in [0.5, 0.6) is 11.6 Å². The summed E-state index contributed by atoms with van der Waals surface area (Å²) in [6, 6.07) is 6.54. The molecule has 130 valence electrons. The number of amides is 2. The van der Waals surface area contributed by atoms with Crippen LogP contribution in [0.25, 0.3) is 0 Å². The van der Waals surface area contributed by atoms with Gasteiger partial charge in [0.05, 0.1) is 0 Å². The second-order valence-corrected chi connectivity index (χ2v) is 6.04. The largest absolute Gasteiger partial charge is 0.437 e. The standard InChI is InChI=1S/C18H20N4O3/c1-12(23)22-10-2-3-14(11-22)16-18(21-9-8-20-16)25-15-6-4-13(5-7-15)17(19)24/h4-9,14H,2-3,10-11H2,1H3,(H2,19,24). The molecule has 2 N–H and O–H groups in total. The summed E-state index contributed by atoms with van der Waals surface area (Å²) in [6.07, 6.45) is 5.06. The monoisotopic (exact) mass is 340 g/mol. The van der Waals surface area contributed by atoms with E-state index in [-0.39, 0.29) is 11.8 Å². The van der Waals surface area contributed by atoms with E-state index in [0.29, 0.717) is 23.7 Å². The van der Waals surface area contributed by atoms with E-state index >= 15 is 0 Å². The van der Waals surface area contributed by atoms with E-state index in [2.05, 4.69) is 9.97 Å². The molecule has 7 heteroatoms. The number of ether oxygens (including phenoxy) is 1. The summed E-state index contributed by atoms with van der Waals surface area (Å²) >= 11 is 0. The number of hydrogen-bond acceptors (Lipinski definition) is 5. The van der Waals surface area contributed by atoms with Gasteiger partial charge in [0.15, 0.2) is 0 Å². The number of aromatic nitrogens is 2. The van der Waals surface area contributed by atoms with Crippen LogP contribution in [0, 0.1) is 0 Å². The number of primary amides is 1. The molecule has 1 aliphatic heterocycles. The molecule has 2 aromatic rings. The fraction of sp³-hybridized carbons (Fsp3) is 0.333. The third-order valence-corrected chi connectivity index (χ3v) is 4.30. The van der Waals surface area contributed by atoms with Crippen LogP contribution in [-0.4, -0.2) is 39.8 Å². The summed E-state index contributed by atoms with van der Waals surface area (Å²) in [5, 5.41) is 0. The number of benzene rings is 1. The lowest BCUT2D eigenvalue weighted by Crippen LogP contribution is -2.38. The molecule has 1 aromatic carbocycles. The number of nitrogens with zero attached hydrogens (tertiary/aromatic N) is 3. The van der Waals surface area contributed by atoms with Crippen LogP contribution in [0.4, 0.5) is 0 Å². The van der Waals surface area contributed by atoms with Gasteiger partial charge in [-0.1, -0.05) is 0 Å². The van der Waals surface area contributed by atoms with Crippen molar-refractivity contribution in [2.45, 2.75) is 25.7 Å². The normalized spacial score (nSPS) is 17.2. The van der Waals surface area contributed by atoms with Crippen molar-refractivity contribution in [2.24, 2.45) is 5.73 Å². The minimum atomic E-state index is -0.488. The van der Waals surface area contributed by atoms with Gasteiger partial charge in [0.25, 0.3) is 0 Å². The lowest BCUT2D eigenvalue weighted by molar-refractivity contribution is -0.130. The van der Waals surface area contributed by atoms with E-state index in [4.69, 9.17) is 10.5 Å². The summed E-state index contributed by atoms with van der Waals surface area (Å²) < 4.78 is 5.86. The Bertz CT molecular complexity index is 776. The van der Waals surface area contributed by atoms with E-state index < -0.39 is 5.91 Å². The molecule has 1 aliphatic rings. The summed E-state index contributed by atoms with van der Waals surface area (Å²) in [4.78, 5) is 33.4. The molecule has 25 heavy (non-hydrogen) atoms. The summed E-state index contributed by atoms with van der Waals surface area (Å²) in [7, 11) is 0. The molecule has 1 saturated heterocycles. The van der Waals surface area contributed by atoms with Gasteiger partial charge in [-0.15, -0.1) is 0 Å². The molecule has 2 heterocycles. The Morgan fingerprint density at radius 3 is 2.60 bits per heavy atom. The van der Waals surface area contributed by atoms with Crippen molar-refractivity contribution in [3.8, 4) is 11.6 Å². The van der Waals surface area contributed by atoms with Crippen molar-refractivity contribution in [1.29, 1.82) is 0 Å². The number of piperidine rings is 1. The maximum atomic E-state index is 11.7. The molecule has 2 amide bonds. The van der Waals surface area contributed by atoms with Crippen molar-refractivity contribution < 1.29 is 14.3 Å². The van der Waals surface area contributed by atoms with Crippen molar-refractivity contribution in [1.82, 2.24) is 14.9 Å². The van der Waals surface area contributed by atoms with Gasteiger partial charge in [-0.25, -0.2) is 4.98 Å². The highest BCUT2D eigenvalue weighted by Crippen LogP contribution is 2.32. The average molecular weight is 340 g/mol. The maximum Gasteiger partial charge on any atom is 0.248 e. The van der Waals surface area contributed by atoms with Gasteiger partial charge >= 0.3 is 0 Å². The molecule has 0 saturated carbocycles. The molecule has 0 aliphatic carbocycles. The van der Waals surface area contributed by atoms with Gasteiger partial charge in [0.1, 0.15) is 11.4 Å². The molecule has 1 unspecified atom stereocenters. The zero-order valence-corrected chi connectivity index (χ0v) is 14.0. The smallest absolute Gasteiger partial charge is 0.248 e. The lowest BCUT2D eigenvalue weighted by Gasteiger charge is -2.32. The third kappa shape index (κ3) is 3.93. The number of hydrogen-bond donors (Lipinski definition) is 1. The van der Waals surface area contributed by atoms with Gasteiger partial charge < -0.3 is 15.4 Å². The zero-order chi connectivity index (χ0) is 17.8.